The predicted molar refractivity (Wildman–Crippen MR) is 132 cm³/mol. The van der Waals surface area contributed by atoms with E-state index in [1.165, 1.54) is 17.3 Å². The predicted octanol–water partition coefficient (Wildman–Crippen LogP) is 6.28. The van der Waals surface area contributed by atoms with Crippen molar-refractivity contribution in [2.75, 3.05) is 5.32 Å². The molecule has 0 atom stereocenters. The molecular formula is C26H31N3O2S. The Labute approximate surface area is 195 Å². The van der Waals surface area contributed by atoms with Crippen LogP contribution in [0.3, 0.4) is 0 Å². The second kappa shape index (κ2) is 9.74. The first-order valence-electron chi connectivity index (χ1n) is 10.7. The van der Waals surface area contributed by atoms with Gasteiger partial charge in [-0.1, -0.05) is 35.9 Å². The molecule has 0 bridgehead atoms. The van der Waals surface area contributed by atoms with E-state index in [1.54, 1.807) is 6.33 Å². The van der Waals surface area contributed by atoms with Gasteiger partial charge in [-0.05, 0) is 65.3 Å². The Balaban J connectivity index is 1.61. The van der Waals surface area contributed by atoms with Crippen LogP contribution >= 0.6 is 11.8 Å². The molecular weight excluding hydrogens is 418 g/mol. The lowest BCUT2D eigenvalue weighted by molar-refractivity contribution is -0.156. The zero-order chi connectivity index (χ0) is 23.4. The van der Waals surface area contributed by atoms with Crippen molar-refractivity contribution in [3.63, 3.8) is 0 Å². The van der Waals surface area contributed by atoms with Gasteiger partial charge in [0.05, 0.1) is 5.69 Å². The Morgan fingerprint density at radius 2 is 1.72 bits per heavy atom. The third-order valence-electron chi connectivity index (χ3n) is 4.64. The van der Waals surface area contributed by atoms with Gasteiger partial charge in [0.1, 0.15) is 22.5 Å². The number of rotatable bonds is 7. The third kappa shape index (κ3) is 6.82. The summed E-state index contributed by atoms with van der Waals surface area (Å²) in [4.78, 5) is 22.3. The molecule has 1 aromatic heterocycles. The maximum atomic E-state index is 12.5. The maximum Gasteiger partial charge on any atom is 0.322 e. The number of nitrogens with zero attached hydrogens (tertiary/aromatic N) is 2. The number of anilines is 1. The molecule has 32 heavy (non-hydrogen) atoms. The number of carbonyl (C=O) groups is 1. The molecule has 0 amide bonds. The third-order valence-corrected chi connectivity index (χ3v) is 5.83. The number of aromatic nitrogens is 2. The molecule has 1 N–H and O–H groups in total. The molecule has 1 heterocycles. The van der Waals surface area contributed by atoms with Gasteiger partial charge in [-0.15, -0.1) is 11.8 Å². The van der Waals surface area contributed by atoms with Crippen LogP contribution in [-0.4, -0.2) is 26.3 Å². The fraction of sp³-hybridized carbons (Fsp3) is 0.346. The fourth-order valence-electron chi connectivity index (χ4n) is 3.02. The smallest absolute Gasteiger partial charge is 0.322 e. The number of thioether (sulfide) groups is 1. The monoisotopic (exact) mass is 449 g/mol. The van der Waals surface area contributed by atoms with Gasteiger partial charge >= 0.3 is 5.97 Å². The number of hydrogen-bond acceptors (Lipinski definition) is 6. The molecule has 0 saturated carbocycles. The Morgan fingerprint density at radius 1 is 1.00 bits per heavy atom. The summed E-state index contributed by atoms with van der Waals surface area (Å²) in [5.41, 5.74) is 3.79. The quantitative estimate of drug-likeness (QED) is 0.338. The van der Waals surface area contributed by atoms with Crippen LogP contribution in [0.4, 0.5) is 5.82 Å². The van der Waals surface area contributed by atoms with Crippen molar-refractivity contribution in [1.82, 2.24) is 9.97 Å². The summed E-state index contributed by atoms with van der Waals surface area (Å²) >= 11 is 1.50. The molecule has 0 fully saturated rings. The molecule has 0 aliphatic rings. The lowest BCUT2D eigenvalue weighted by Crippen LogP contribution is -2.36. The number of benzene rings is 2. The van der Waals surface area contributed by atoms with E-state index in [4.69, 9.17) is 4.74 Å². The summed E-state index contributed by atoms with van der Waals surface area (Å²) in [6, 6.07) is 18.4. The molecule has 6 heteroatoms. The van der Waals surface area contributed by atoms with Crippen molar-refractivity contribution < 1.29 is 9.53 Å². The summed E-state index contributed by atoms with van der Waals surface area (Å²) < 4.78 is 4.89. The Bertz CT molecular complexity index is 1070. The van der Waals surface area contributed by atoms with Gasteiger partial charge < -0.3 is 10.1 Å². The van der Waals surface area contributed by atoms with Gasteiger partial charge in [-0.2, -0.15) is 0 Å². The molecule has 0 unspecified atom stereocenters. The zero-order valence-corrected chi connectivity index (χ0v) is 20.4. The summed E-state index contributed by atoms with van der Waals surface area (Å²) in [6.45, 7) is 12.1. The van der Waals surface area contributed by atoms with E-state index in [0.717, 1.165) is 27.5 Å². The van der Waals surface area contributed by atoms with Crippen LogP contribution in [0.1, 0.15) is 45.7 Å². The minimum absolute atomic E-state index is 0.214. The first-order chi connectivity index (χ1) is 15.0. The number of aryl methyl sites for hydroxylation is 1. The van der Waals surface area contributed by atoms with Gasteiger partial charge in [-0.3, -0.25) is 4.79 Å². The standard InChI is InChI=1S/C26H31N3O2S/c1-18-8-7-9-20(14-18)22-15-23(29-17-28-22)27-16-19-10-12-21(13-11-19)32-26(5,6)24(30)31-25(2,3)4/h7-15,17H,16H2,1-6H3,(H,27,28,29). The molecule has 0 spiro atoms. The highest BCUT2D eigenvalue weighted by Gasteiger charge is 2.33. The highest BCUT2D eigenvalue weighted by Crippen LogP contribution is 2.34. The average Bonchev–Trinajstić information content (AvgIpc) is 2.72. The summed E-state index contributed by atoms with van der Waals surface area (Å²) in [6.07, 6.45) is 1.58. The van der Waals surface area contributed by atoms with Gasteiger partial charge in [0.25, 0.3) is 0 Å². The molecule has 2 aromatic carbocycles. The van der Waals surface area contributed by atoms with Gasteiger partial charge in [0.15, 0.2) is 0 Å². The minimum Gasteiger partial charge on any atom is -0.459 e. The van der Waals surface area contributed by atoms with E-state index in [0.29, 0.717) is 6.54 Å². The first-order valence-corrected chi connectivity index (χ1v) is 11.5. The van der Waals surface area contributed by atoms with Crippen LogP contribution < -0.4 is 5.32 Å². The Hall–Kier alpha value is -2.86. The number of esters is 1. The molecule has 0 saturated heterocycles. The van der Waals surface area contributed by atoms with Crippen molar-refractivity contribution in [1.29, 1.82) is 0 Å². The Morgan fingerprint density at radius 3 is 2.38 bits per heavy atom. The summed E-state index contributed by atoms with van der Waals surface area (Å²) in [5, 5.41) is 3.37. The maximum absolute atomic E-state index is 12.5. The van der Waals surface area contributed by atoms with E-state index in [9.17, 15) is 4.79 Å². The lowest BCUT2D eigenvalue weighted by Gasteiger charge is -2.28. The van der Waals surface area contributed by atoms with E-state index in [1.807, 2.05) is 65.0 Å². The number of hydrogen-bond donors (Lipinski definition) is 1. The number of ether oxygens (including phenoxy) is 1. The van der Waals surface area contributed by atoms with Crippen LogP contribution in [0.15, 0.2) is 65.8 Å². The van der Waals surface area contributed by atoms with Crippen LogP contribution in [0.2, 0.25) is 0 Å². The minimum atomic E-state index is -0.666. The van der Waals surface area contributed by atoms with E-state index < -0.39 is 10.3 Å². The summed E-state index contributed by atoms with van der Waals surface area (Å²) in [7, 11) is 0. The van der Waals surface area contributed by atoms with Crippen molar-refractivity contribution >= 4 is 23.5 Å². The highest BCUT2D eigenvalue weighted by molar-refractivity contribution is 8.01. The fourth-order valence-corrected chi connectivity index (χ4v) is 4.01. The lowest BCUT2D eigenvalue weighted by atomic mass is 10.1. The van der Waals surface area contributed by atoms with Gasteiger partial charge in [-0.25, -0.2) is 9.97 Å². The first kappa shape index (κ1) is 23.8. The highest BCUT2D eigenvalue weighted by atomic mass is 32.2. The van der Waals surface area contributed by atoms with E-state index in [2.05, 4.69) is 46.5 Å². The molecule has 168 valence electrons. The number of nitrogens with one attached hydrogen (secondary N) is 1. The zero-order valence-electron chi connectivity index (χ0n) is 19.6. The van der Waals surface area contributed by atoms with Crippen LogP contribution in [0.5, 0.6) is 0 Å². The van der Waals surface area contributed by atoms with E-state index in [-0.39, 0.29) is 5.97 Å². The van der Waals surface area contributed by atoms with Crippen molar-refractivity contribution in [2.45, 2.75) is 63.3 Å². The van der Waals surface area contributed by atoms with Crippen molar-refractivity contribution in [2.24, 2.45) is 0 Å². The normalized spacial score (nSPS) is 11.8. The van der Waals surface area contributed by atoms with Crippen molar-refractivity contribution in [3.8, 4) is 11.3 Å². The van der Waals surface area contributed by atoms with Gasteiger partial charge in [0, 0.05) is 23.1 Å². The van der Waals surface area contributed by atoms with Crippen LogP contribution in [0.25, 0.3) is 11.3 Å². The molecule has 3 rings (SSSR count). The molecule has 0 aliphatic carbocycles. The average molecular weight is 450 g/mol. The van der Waals surface area contributed by atoms with Crippen molar-refractivity contribution in [3.05, 3.63) is 72.1 Å². The molecule has 0 radical (unpaired) electrons. The largest absolute Gasteiger partial charge is 0.459 e. The molecule has 3 aromatic rings. The number of carbonyl (C=O) groups excluding carboxylic acids is 1. The van der Waals surface area contributed by atoms with Crippen LogP contribution in [0, 0.1) is 6.92 Å². The summed E-state index contributed by atoms with van der Waals surface area (Å²) in [5.74, 6) is 0.565. The van der Waals surface area contributed by atoms with Crippen LogP contribution in [-0.2, 0) is 16.1 Å². The molecule has 5 nitrogen and oxygen atoms in total. The second-order valence-electron chi connectivity index (χ2n) is 9.27. The van der Waals surface area contributed by atoms with E-state index >= 15 is 0 Å². The topological polar surface area (TPSA) is 64.1 Å². The molecule has 0 aliphatic heterocycles. The SMILES string of the molecule is Cc1cccc(-c2cc(NCc3ccc(SC(C)(C)C(=O)OC(C)(C)C)cc3)ncn2)c1. The second-order valence-corrected chi connectivity index (χ2v) is 11.0. The Kier molecular flexibility index (Phi) is 7.24. The van der Waals surface area contributed by atoms with Gasteiger partial charge in [0.2, 0.25) is 0 Å².